The minimum absolute atomic E-state index is 0.203. The van der Waals surface area contributed by atoms with E-state index in [4.69, 9.17) is 16.7 Å². The molecule has 1 aromatic rings. The second kappa shape index (κ2) is 8.81. The number of unbranched alkanes of at least 4 members (excludes halogenated alkanes) is 2. The van der Waals surface area contributed by atoms with E-state index in [9.17, 15) is 14.4 Å². The molecular weight excluding hydrogens is 400 g/mol. The SMILES string of the molecule is CCCCCN1C(=O)N(CCCc2cnn(CC(=O)O)c2)C(=O)C2(Cl)NC=NC12. The van der Waals surface area contributed by atoms with Crippen LogP contribution >= 0.6 is 11.6 Å². The lowest BCUT2D eigenvalue weighted by atomic mass is 10.1. The maximum atomic E-state index is 13.0. The van der Waals surface area contributed by atoms with Crippen molar-refractivity contribution >= 4 is 35.8 Å². The summed E-state index contributed by atoms with van der Waals surface area (Å²) in [6, 6.07) is -0.380. The minimum atomic E-state index is -1.47. The van der Waals surface area contributed by atoms with Gasteiger partial charge in [0, 0.05) is 19.3 Å². The highest BCUT2D eigenvalue weighted by molar-refractivity contribution is 6.38. The minimum Gasteiger partial charge on any atom is -0.480 e. The molecule has 3 heterocycles. The molecular formula is C18H25ClN6O4. The van der Waals surface area contributed by atoms with Crippen LogP contribution in [0.5, 0.6) is 0 Å². The Bertz CT molecular complexity index is 812. The van der Waals surface area contributed by atoms with Gasteiger partial charge in [-0.1, -0.05) is 31.4 Å². The fourth-order valence-corrected chi connectivity index (χ4v) is 3.86. The van der Waals surface area contributed by atoms with Crippen molar-refractivity contribution in [3.63, 3.8) is 0 Å². The van der Waals surface area contributed by atoms with Crippen LogP contribution in [0.1, 0.15) is 38.2 Å². The van der Waals surface area contributed by atoms with E-state index in [1.807, 2.05) is 0 Å². The van der Waals surface area contributed by atoms with Crippen molar-refractivity contribution in [1.82, 2.24) is 24.9 Å². The molecule has 10 nitrogen and oxygen atoms in total. The van der Waals surface area contributed by atoms with Crippen LogP contribution in [0.3, 0.4) is 0 Å². The molecule has 0 saturated carbocycles. The summed E-state index contributed by atoms with van der Waals surface area (Å²) >= 11 is 6.55. The van der Waals surface area contributed by atoms with Gasteiger partial charge < -0.3 is 10.4 Å². The largest absolute Gasteiger partial charge is 0.480 e. The van der Waals surface area contributed by atoms with E-state index in [0.29, 0.717) is 19.4 Å². The highest BCUT2D eigenvalue weighted by Gasteiger charge is 2.58. The third-order valence-electron chi connectivity index (χ3n) is 5.01. The second-order valence-electron chi connectivity index (χ2n) is 7.19. The topological polar surface area (TPSA) is 120 Å². The van der Waals surface area contributed by atoms with Gasteiger partial charge in [-0.25, -0.2) is 9.79 Å². The second-order valence-corrected chi connectivity index (χ2v) is 7.79. The summed E-state index contributed by atoms with van der Waals surface area (Å²) in [6.45, 7) is 2.55. The lowest BCUT2D eigenvalue weighted by Crippen LogP contribution is -2.70. The maximum Gasteiger partial charge on any atom is 0.328 e. The Morgan fingerprint density at radius 2 is 2.10 bits per heavy atom. The van der Waals surface area contributed by atoms with Crippen molar-refractivity contribution in [2.75, 3.05) is 13.1 Å². The van der Waals surface area contributed by atoms with E-state index in [1.54, 1.807) is 17.3 Å². The number of amides is 3. The molecule has 0 bridgehead atoms. The quantitative estimate of drug-likeness (QED) is 0.331. The van der Waals surface area contributed by atoms with Crippen LogP contribution in [-0.4, -0.2) is 73.2 Å². The summed E-state index contributed by atoms with van der Waals surface area (Å²) < 4.78 is 1.34. The van der Waals surface area contributed by atoms with Gasteiger partial charge in [-0.05, 0) is 24.8 Å². The Morgan fingerprint density at radius 3 is 2.83 bits per heavy atom. The first-order valence-electron chi connectivity index (χ1n) is 9.70. The van der Waals surface area contributed by atoms with Crippen molar-refractivity contribution < 1.29 is 19.5 Å². The van der Waals surface area contributed by atoms with E-state index in [0.717, 1.165) is 24.8 Å². The first kappa shape index (κ1) is 21.1. The maximum absolute atomic E-state index is 13.0. The Balaban J connectivity index is 1.64. The van der Waals surface area contributed by atoms with Crippen LogP contribution in [0, 0.1) is 0 Å². The Hall–Kier alpha value is -2.62. The molecule has 0 aromatic carbocycles. The molecule has 2 atom stereocenters. The number of aliphatic imine (C=N–C) groups is 1. The van der Waals surface area contributed by atoms with Gasteiger partial charge in [0.1, 0.15) is 6.54 Å². The molecule has 3 amide bonds. The first-order chi connectivity index (χ1) is 13.9. The Morgan fingerprint density at radius 1 is 1.31 bits per heavy atom. The number of carbonyl (C=O) groups is 3. The highest BCUT2D eigenvalue weighted by Crippen LogP contribution is 2.33. The standard InChI is InChI=1S/C18H25ClN6O4/c1-2-3-4-7-24-15-18(19,21-12-20-15)16(28)25(17(24)29)8-5-6-13-9-22-23(10-13)11-14(26)27/h9-10,12,15H,2-8,11H2,1H3,(H,20,21)(H,26,27). The summed E-state index contributed by atoms with van der Waals surface area (Å²) in [5, 5.41) is 15.6. The summed E-state index contributed by atoms with van der Waals surface area (Å²) in [5.41, 5.74) is 0.837. The van der Waals surface area contributed by atoms with Gasteiger partial charge in [-0.15, -0.1) is 0 Å². The van der Waals surface area contributed by atoms with Crippen molar-refractivity contribution in [2.24, 2.45) is 4.99 Å². The highest BCUT2D eigenvalue weighted by atomic mass is 35.5. The number of aliphatic carboxylic acids is 1. The van der Waals surface area contributed by atoms with Gasteiger partial charge in [0.25, 0.3) is 5.91 Å². The number of hydrogen-bond donors (Lipinski definition) is 2. The van der Waals surface area contributed by atoms with Crippen LogP contribution in [0.15, 0.2) is 17.4 Å². The van der Waals surface area contributed by atoms with Crippen LogP contribution in [0.25, 0.3) is 0 Å². The Labute approximate surface area is 173 Å². The third kappa shape index (κ3) is 4.36. The summed E-state index contributed by atoms with van der Waals surface area (Å²) in [6.07, 6.45) is 7.73. The number of carboxylic acid groups (broad SMARTS) is 1. The average molecular weight is 425 g/mol. The summed E-state index contributed by atoms with van der Waals surface area (Å²) in [7, 11) is 0. The van der Waals surface area contributed by atoms with Gasteiger partial charge in [0.05, 0.1) is 12.5 Å². The van der Waals surface area contributed by atoms with E-state index < -0.39 is 23.0 Å². The number of halogens is 1. The van der Waals surface area contributed by atoms with Crippen molar-refractivity contribution in [2.45, 2.75) is 56.7 Å². The number of urea groups is 1. The molecule has 29 heavy (non-hydrogen) atoms. The zero-order valence-corrected chi connectivity index (χ0v) is 17.0. The number of carbonyl (C=O) groups excluding carboxylic acids is 2. The molecule has 11 heteroatoms. The number of fused-ring (bicyclic) bond motifs is 1. The van der Waals surface area contributed by atoms with Gasteiger partial charge in [0.15, 0.2) is 6.17 Å². The Kier molecular flexibility index (Phi) is 6.41. The normalized spacial score (nSPS) is 23.4. The smallest absolute Gasteiger partial charge is 0.328 e. The van der Waals surface area contributed by atoms with Crippen LogP contribution in [-0.2, 0) is 22.6 Å². The van der Waals surface area contributed by atoms with Crippen LogP contribution in [0.4, 0.5) is 4.79 Å². The number of nitrogens with one attached hydrogen (secondary N) is 1. The molecule has 2 unspecified atom stereocenters. The number of rotatable bonds is 10. The number of aryl methyl sites for hydroxylation is 1. The predicted molar refractivity (Wildman–Crippen MR) is 106 cm³/mol. The zero-order valence-electron chi connectivity index (χ0n) is 16.3. The van der Waals surface area contributed by atoms with Crippen molar-refractivity contribution in [3.05, 3.63) is 18.0 Å². The number of hydrogen-bond acceptors (Lipinski definition) is 6. The van der Waals surface area contributed by atoms with Gasteiger partial charge in [-0.2, -0.15) is 5.10 Å². The fourth-order valence-electron chi connectivity index (χ4n) is 3.54. The fraction of sp³-hybridized carbons (Fsp3) is 0.611. The number of carboxylic acids is 1. The van der Waals surface area contributed by atoms with Crippen LogP contribution < -0.4 is 5.32 Å². The number of aromatic nitrogens is 2. The monoisotopic (exact) mass is 424 g/mol. The molecule has 2 aliphatic rings. The molecule has 1 saturated heterocycles. The predicted octanol–water partition coefficient (Wildman–Crippen LogP) is 1.25. The molecule has 0 radical (unpaired) electrons. The zero-order chi connectivity index (χ0) is 21.0. The van der Waals surface area contributed by atoms with E-state index in [2.05, 4.69) is 22.3 Å². The summed E-state index contributed by atoms with van der Waals surface area (Å²) in [4.78, 5) is 42.1. The molecule has 158 valence electrons. The van der Waals surface area contributed by atoms with E-state index in [1.165, 1.54) is 15.9 Å². The van der Waals surface area contributed by atoms with Crippen LogP contribution in [0.2, 0.25) is 0 Å². The van der Waals surface area contributed by atoms with Gasteiger partial charge >= 0.3 is 12.0 Å². The molecule has 2 aliphatic heterocycles. The lowest BCUT2D eigenvalue weighted by Gasteiger charge is -2.44. The molecule has 0 aliphatic carbocycles. The molecule has 0 spiro atoms. The van der Waals surface area contributed by atoms with Gasteiger partial charge in [0.2, 0.25) is 5.00 Å². The van der Waals surface area contributed by atoms with E-state index >= 15 is 0 Å². The molecule has 2 N–H and O–H groups in total. The summed E-state index contributed by atoms with van der Waals surface area (Å²) in [5.74, 6) is -1.47. The molecule has 1 aromatic heterocycles. The van der Waals surface area contributed by atoms with Crippen molar-refractivity contribution in [1.29, 1.82) is 0 Å². The van der Waals surface area contributed by atoms with Gasteiger partial charge in [-0.3, -0.25) is 24.1 Å². The third-order valence-corrected chi connectivity index (χ3v) is 5.47. The molecule has 3 rings (SSSR count). The number of nitrogens with zero attached hydrogens (tertiary/aromatic N) is 5. The number of alkyl halides is 1. The average Bonchev–Trinajstić information content (AvgIpc) is 3.28. The lowest BCUT2D eigenvalue weighted by molar-refractivity contribution is -0.138. The first-order valence-corrected chi connectivity index (χ1v) is 10.1. The number of imide groups is 1. The molecule has 1 fully saturated rings. The van der Waals surface area contributed by atoms with Crippen molar-refractivity contribution in [3.8, 4) is 0 Å². The van der Waals surface area contributed by atoms with E-state index in [-0.39, 0.29) is 19.1 Å².